The molecule has 4 heteroatoms. The lowest BCUT2D eigenvalue weighted by Crippen LogP contribution is -1.86. The summed E-state index contributed by atoms with van der Waals surface area (Å²) in [6.07, 6.45) is 0. The van der Waals surface area contributed by atoms with Crippen molar-refractivity contribution in [3.05, 3.63) is 17.2 Å². The maximum absolute atomic E-state index is 8.66. The van der Waals surface area contributed by atoms with Crippen LogP contribution in [0.15, 0.2) is 0 Å². The molecule has 0 aromatic carbocycles. The summed E-state index contributed by atoms with van der Waals surface area (Å²) in [7, 11) is 0. The predicted molar refractivity (Wildman–Crippen MR) is 35.2 cm³/mol. The summed E-state index contributed by atoms with van der Waals surface area (Å²) in [4.78, 5) is 6.72. The largest absolute Gasteiger partial charge is 0.390 e. The molecule has 0 aliphatic heterocycles. The number of aliphatic hydroxyl groups excluding tert-OH is 2. The van der Waals surface area contributed by atoms with Gasteiger partial charge in [0.1, 0.15) is 12.4 Å². The minimum Gasteiger partial charge on any atom is -0.390 e. The van der Waals surface area contributed by atoms with Crippen molar-refractivity contribution in [2.45, 2.75) is 20.1 Å². The number of aromatic amines is 1. The van der Waals surface area contributed by atoms with Crippen molar-refractivity contribution in [1.82, 2.24) is 9.97 Å². The Morgan fingerprint density at radius 1 is 1.40 bits per heavy atom. The van der Waals surface area contributed by atoms with E-state index < -0.39 is 0 Å². The van der Waals surface area contributed by atoms with Gasteiger partial charge in [-0.05, 0) is 6.92 Å². The summed E-state index contributed by atoms with van der Waals surface area (Å²) in [5.74, 6) is 0.501. The fourth-order valence-corrected chi connectivity index (χ4v) is 0.792. The molecule has 3 N–H and O–H groups in total. The van der Waals surface area contributed by atoms with Gasteiger partial charge in [-0.3, -0.25) is 0 Å². The Bertz CT molecular complexity index is 220. The summed E-state index contributed by atoms with van der Waals surface area (Å²) in [5.41, 5.74) is 1.41. The summed E-state index contributed by atoms with van der Waals surface area (Å²) in [6.45, 7) is 1.61. The van der Waals surface area contributed by atoms with Gasteiger partial charge in [0.25, 0.3) is 0 Å². The van der Waals surface area contributed by atoms with E-state index in [1.807, 2.05) is 0 Å². The van der Waals surface area contributed by atoms with E-state index in [1.54, 1.807) is 6.92 Å². The van der Waals surface area contributed by atoms with Crippen LogP contribution >= 0.6 is 0 Å². The van der Waals surface area contributed by atoms with Gasteiger partial charge >= 0.3 is 0 Å². The smallest absolute Gasteiger partial charge is 0.132 e. The van der Waals surface area contributed by atoms with Crippen molar-refractivity contribution >= 4 is 0 Å². The minimum atomic E-state index is -0.110. The fraction of sp³-hybridized carbons (Fsp3) is 0.500. The Hall–Kier alpha value is -0.870. The van der Waals surface area contributed by atoms with E-state index in [4.69, 9.17) is 10.2 Å². The Kier molecular flexibility index (Phi) is 2.03. The molecule has 0 aliphatic rings. The number of rotatable bonds is 2. The average Bonchev–Trinajstić information content (AvgIpc) is 2.30. The van der Waals surface area contributed by atoms with Gasteiger partial charge in [0.2, 0.25) is 0 Å². The Morgan fingerprint density at radius 2 is 2.10 bits per heavy atom. The highest BCUT2D eigenvalue weighted by molar-refractivity contribution is 5.11. The number of aryl methyl sites for hydroxylation is 1. The Balaban J connectivity index is 2.92. The zero-order valence-corrected chi connectivity index (χ0v) is 5.76. The molecule has 0 unspecified atom stereocenters. The maximum atomic E-state index is 8.66. The standard InChI is InChI=1S/C6H10N2O2/c1-4-5(2-9)8-6(3-10)7-4/h9-10H,2-3H2,1H3,(H,7,8). The van der Waals surface area contributed by atoms with Crippen LogP contribution in [0.5, 0.6) is 0 Å². The second kappa shape index (κ2) is 2.81. The second-order valence-electron chi connectivity index (χ2n) is 2.07. The molecule has 10 heavy (non-hydrogen) atoms. The first-order chi connectivity index (χ1) is 4.77. The predicted octanol–water partition coefficient (Wildman–Crippen LogP) is -0.297. The molecule has 56 valence electrons. The third kappa shape index (κ3) is 1.17. The number of H-pyrrole nitrogens is 1. The van der Waals surface area contributed by atoms with Crippen LogP contribution in [-0.4, -0.2) is 20.2 Å². The molecule has 0 amide bonds. The number of nitrogens with zero attached hydrogens (tertiary/aromatic N) is 1. The van der Waals surface area contributed by atoms with Crippen LogP contribution in [0, 0.1) is 6.92 Å². The van der Waals surface area contributed by atoms with Gasteiger partial charge in [0.15, 0.2) is 0 Å². The second-order valence-corrected chi connectivity index (χ2v) is 2.07. The van der Waals surface area contributed by atoms with Crippen LogP contribution in [0.25, 0.3) is 0 Å². The zero-order chi connectivity index (χ0) is 7.56. The van der Waals surface area contributed by atoms with Crippen LogP contribution in [0.1, 0.15) is 17.2 Å². The fourth-order valence-electron chi connectivity index (χ4n) is 0.792. The highest BCUT2D eigenvalue weighted by Crippen LogP contribution is 2.03. The van der Waals surface area contributed by atoms with Crippen LogP contribution in [-0.2, 0) is 13.2 Å². The van der Waals surface area contributed by atoms with Crippen LogP contribution in [0.4, 0.5) is 0 Å². The molecular weight excluding hydrogens is 132 g/mol. The first kappa shape index (κ1) is 7.24. The number of hydrogen-bond acceptors (Lipinski definition) is 3. The van der Waals surface area contributed by atoms with Crippen molar-refractivity contribution in [3.8, 4) is 0 Å². The van der Waals surface area contributed by atoms with Crippen molar-refractivity contribution in [2.24, 2.45) is 0 Å². The molecule has 0 aliphatic carbocycles. The van der Waals surface area contributed by atoms with E-state index in [0.717, 1.165) is 5.69 Å². The topological polar surface area (TPSA) is 69.1 Å². The third-order valence-electron chi connectivity index (χ3n) is 1.33. The number of nitrogens with one attached hydrogen (secondary N) is 1. The number of imidazole rings is 1. The number of aliphatic hydroxyl groups is 2. The van der Waals surface area contributed by atoms with Gasteiger partial charge < -0.3 is 15.2 Å². The molecule has 4 nitrogen and oxygen atoms in total. The molecule has 0 saturated heterocycles. The third-order valence-corrected chi connectivity index (χ3v) is 1.33. The van der Waals surface area contributed by atoms with E-state index in [-0.39, 0.29) is 13.2 Å². The lowest BCUT2D eigenvalue weighted by atomic mass is 10.4. The molecule has 0 bridgehead atoms. The molecule has 1 aromatic heterocycles. The van der Waals surface area contributed by atoms with Gasteiger partial charge in [-0.1, -0.05) is 0 Å². The van der Waals surface area contributed by atoms with Crippen LogP contribution in [0.2, 0.25) is 0 Å². The first-order valence-corrected chi connectivity index (χ1v) is 3.04. The molecule has 1 aromatic rings. The monoisotopic (exact) mass is 142 g/mol. The molecule has 0 spiro atoms. The van der Waals surface area contributed by atoms with Crippen LogP contribution in [0.3, 0.4) is 0 Å². The maximum Gasteiger partial charge on any atom is 0.132 e. The van der Waals surface area contributed by atoms with E-state index in [2.05, 4.69) is 9.97 Å². The van der Waals surface area contributed by atoms with Gasteiger partial charge in [-0.2, -0.15) is 0 Å². The summed E-state index contributed by atoms with van der Waals surface area (Å²) in [6, 6.07) is 0. The highest BCUT2D eigenvalue weighted by atomic mass is 16.3. The molecule has 0 radical (unpaired) electrons. The average molecular weight is 142 g/mol. The Labute approximate surface area is 58.5 Å². The summed E-state index contributed by atoms with van der Waals surface area (Å²) >= 11 is 0. The molecule has 1 heterocycles. The van der Waals surface area contributed by atoms with Crippen molar-refractivity contribution in [2.75, 3.05) is 0 Å². The number of aromatic nitrogens is 2. The zero-order valence-electron chi connectivity index (χ0n) is 5.76. The Morgan fingerprint density at radius 3 is 2.40 bits per heavy atom. The van der Waals surface area contributed by atoms with Gasteiger partial charge in [-0.25, -0.2) is 4.98 Å². The van der Waals surface area contributed by atoms with E-state index in [0.29, 0.717) is 11.5 Å². The van der Waals surface area contributed by atoms with Gasteiger partial charge in [0, 0.05) is 5.69 Å². The summed E-state index contributed by atoms with van der Waals surface area (Å²) < 4.78 is 0. The van der Waals surface area contributed by atoms with Crippen LogP contribution < -0.4 is 0 Å². The van der Waals surface area contributed by atoms with Gasteiger partial charge in [0.05, 0.1) is 12.3 Å². The first-order valence-electron chi connectivity index (χ1n) is 3.04. The van der Waals surface area contributed by atoms with E-state index >= 15 is 0 Å². The van der Waals surface area contributed by atoms with Crippen molar-refractivity contribution < 1.29 is 10.2 Å². The quantitative estimate of drug-likeness (QED) is 0.531. The van der Waals surface area contributed by atoms with Crippen molar-refractivity contribution in [1.29, 1.82) is 0 Å². The molecular formula is C6H10N2O2. The van der Waals surface area contributed by atoms with Crippen molar-refractivity contribution in [3.63, 3.8) is 0 Å². The lowest BCUT2D eigenvalue weighted by Gasteiger charge is -1.85. The molecule has 0 saturated carbocycles. The van der Waals surface area contributed by atoms with Gasteiger partial charge in [-0.15, -0.1) is 0 Å². The number of hydrogen-bond donors (Lipinski definition) is 3. The SMILES string of the molecule is Cc1[nH]c(CO)nc1CO. The molecule has 1 rings (SSSR count). The highest BCUT2D eigenvalue weighted by Gasteiger charge is 2.02. The molecule has 0 atom stereocenters. The lowest BCUT2D eigenvalue weighted by molar-refractivity contribution is 0.266. The molecule has 0 fully saturated rings. The minimum absolute atomic E-state index is 0.0810. The normalized spacial score (nSPS) is 10.3. The van der Waals surface area contributed by atoms with E-state index in [1.165, 1.54) is 0 Å². The van der Waals surface area contributed by atoms with E-state index in [9.17, 15) is 0 Å². The summed E-state index contributed by atoms with van der Waals surface area (Å²) in [5, 5.41) is 17.3.